The first-order valence-corrected chi connectivity index (χ1v) is 11.9. The summed E-state index contributed by atoms with van der Waals surface area (Å²) in [6, 6.07) is 14.9. The largest absolute Gasteiger partial charge is 0.505 e. The zero-order valence-corrected chi connectivity index (χ0v) is 20.0. The number of rotatable bonds is 7. The molecule has 4 aromatic rings. The summed E-state index contributed by atoms with van der Waals surface area (Å²) < 4.78 is 39.1. The molecular formula is C24H20N6O6S. The second kappa shape index (κ2) is 10.0. The van der Waals surface area contributed by atoms with Crippen molar-refractivity contribution in [3.63, 3.8) is 0 Å². The highest BCUT2D eigenvalue weighted by atomic mass is 32.2. The van der Waals surface area contributed by atoms with Crippen molar-refractivity contribution >= 4 is 61.3 Å². The average Bonchev–Trinajstić information content (AvgIpc) is 2.87. The lowest BCUT2D eigenvalue weighted by Gasteiger charge is -2.10. The Morgan fingerprint density at radius 3 is 2.38 bits per heavy atom. The molecule has 12 nitrogen and oxygen atoms in total. The summed E-state index contributed by atoms with van der Waals surface area (Å²) in [7, 11) is -3.42. The lowest BCUT2D eigenvalue weighted by molar-refractivity contribution is 0.112. The van der Waals surface area contributed by atoms with Crippen LogP contribution < -0.4 is 16.2 Å². The molecule has 0 saturated heterocycles. The fraction of sp³-hybridized carbons (Fsp3) is 0.0417. The number of nitrogens with two attached hydrogens (primary N) is 2. The highest BCUT2D eigenvalue weighted by Gasteiger charge is 2.22. The van der Waals surface area contributed by atoms with Crippen LogP contribution in [0.15, 0.2) is 86.0 Å². The number of azo groups is 2. The Kier molecular flexibility index (Phi) is 6.82. The molecule has 188 valence electrons. The molecule has 0 aliphatic rings. The molecule has 0 spiro atoms. The molecule has 0 aromatic heterocycles. The molecule has 0 heterocycles. The number of phenols is 1. The van der Waals surface area contributed by atoms with Crippen LogP contribution in [-0.4, -0.2) is 31.5 Å². The summed E-state index contributed by atoms with van der Waals surface area (Å²) in [6.45, 7) is 0. The fourth-order valence-electron chi connectivity index (χ4n) is 3.43. The summed E-state index contributed by atoms with van der Waals surface area (Å²) in [5, 5.41) is 27.3. The van der Waals surface area contributed by atoms with E-state index in [-0.39, 0.29) is 28.2 Å². The Labute approximate surface area is 210 Å². The molecule has 0 radical (unpaired) electrons. The predicted molar refractivity (Wildman–Crippen MR) is 137 cm³/mol. The fourth-order valence-corrected chi connectivity index (χ4v) is 4.09. The minimum Gasteiger partial charge on any atom is -0.505 e. The van der Waals surface area contributed by atoms with Gasteiger partial charge in [0, 0.05) is 22.7 Å². The van der Waals surface area contributed by atoms with Gasteiger partial charge in [-0.05, 0) is 41.8 Å². The highest BCUT2D eigenvalue weighted by Crippen LogP contribution is 2.43. The highest BCUT2D eigenvalue weighted by molar-refractivity contribution is 7.86. The maximum absolute atomic E-state index is 12.0. The molecule has 0 bridgehead atoms. The molecule has 0 atom stereocenters. The molecular weight excluding hydrogens is 500 g/mol. The zero-order valence-electron chi connectivity index (χ0n) is 19.2. The van der Waals surface area contributed by atoms with Crippen LogP contribution in [-0.2, 0) is 10.1 Å². The number of nitrogens with zero attached hydrogens (tertiary/aromatic N) is 4. The number of anilines is 2. The number of hydrogen-bond donors (Lipinski definition) is 4. The van der Waals surface area contributed by atoms with Gasteiger partial charge in [0.1, 0.15) is 34.0 Å². The van der Waals surface area contributed by atoms with Gasteiger partial charge in [-0.1, -0.05) is 18.2 Å². The number of carbonyl (C=O) groups is 1. The SMILES string of the molecule is COc1cc(N=Nc2cccc(C=O)c2)c(N)cc1N=Nc1c(S(=O)(=O)O)cc2ccc(N)cc2c1O. The third-order valence-corrected chi connectivity index (χ3v) is 6.09. The van der Waals surface area contributed by atoms with E-state index in [1.807, 2.05) is 0 Å². The van der Waals surface area contributed by atoms with E-state index in [1.54, 1.807) is 24.3 Å². The Bertz CT molecular complexity index is 1700. The monoisotopic (exact) mass is 520 g/mol. The first-order chi connectivity index (χ1) is 17.6. The van der Waals surface area contributed by atoms with E-state index < -0.39 is 26.5 Å². The normalized spacial score (nSPS) is 11.9. The Morgan fingerprint density at radius 1 is 0.919 bits per heavy atom. The molecule has 4 rings (SSSR count). The van der Waals surface area contributed by atoms with Crippen molar-refractivity contribution < 1.29 is 27.6 Å². The van der Waals surface area contributed by atoms with Crippen LogP contribution in [0.5, 0.6) is 11.5 Å². The predicted octanol–water partition coefficient (Wildman–Crippen LogP) is 5.61. The van der Waals surface area contributed by atoms with E-state index >= 15 is 0 Å². The van der Waals surface area contributed by atoms with Gasteiger partial charge in [0.2, 0.25) is 0 Å². The summed E-state index contributed by atoms with van der Waals surface area (Å²) in [6.07, 6.45) is 0.686. The number of methoxy groups -OCH3 is 1. The number of fused-ring (bicyclic) bond motifs is 1. The Hall–Kier alpha value is -4.88. The van der Waals surface area contributed by atoms with Crippen LogP contribution in [0, 0.1) is 0 Å². The molecule has 0 amide bonds. The molecule has 37 heavy (non-hydrogen) atoms. The third kappa shape index (κ3) is 5.37. The van der Waals surface area contributed by atoms with Crippen molar-refractivity contribution in [3.8, 4) is 11.5 Å². The molecule has 0 fully saturated rings. The van der Waals surface area contributed by atoms with Crippen LogP contribution >= 0.6 is 0 Å². The minimum atomic E-state index is -4.78. The van der Waals surface area contributed by atoms with Gasteiger partial charge in [0.15, 0.2) is 5.75 Å². The maximum atomic E-state index is 12.0. The number of carbonyl (C=O) groups excluding carboxylic acids is 1. The lowest BCUT2D eigenvalue weighted by Crippen LogP contribution is -1.99. The second-order valence-electron chi connectivity index (χ2n) is 7.72. The van der Waals surface area contributed by atoms with Gasteiger partial charge in [0.25, 0.3) is 10.1 Å². The van der Waals surface area contributed by atoms with Crippen molar-refractivity contribution in [3.05, 3.63) is 66.2 Å². The van der Waals surface area contributed by atoms with Gasteiger partial charge < -0.3 is 21.3 Å². The van der Waals surface area contributed by atoms with E-state index in [2.05, 4.69) is 20.5 Å². The Morgan fingerprint density at radius 2 is 1.68 bits per heavy atom. The first-order valence-electron chi connectivity index (χ1n) is 10.5. The quantitative estimate of drug-likeness (QED) is 0.104. The van der Waals surface area contributed by atoms with E-state index in [1.165, 1.54) is 37.4 Å². The van der Waals surface area contributed by atoms with Gasteiger partial charge in [-0.2, -0.15) is 13.5 Å². The Balaban J connectivity index is 1.77. The van der Waals surface area contributed by atoms with Crippen LogP contribution in [0.1, 0.15) is 10.4 Å². The summed E-state index contributed by atoms with van der Waals surface area (Å²) in [4.78, 5) is 10.3. The summed E-state index contributed by atoms with van der Waals surface area (Å²) >= 11 is 0. The summed E-state index contributed by atoms with van der Waals surface area (Å²) in [5.41, 5.74) is 13.0. The zero-order chi connectivity index (χ0) is 26.7. The summed E-state index contributed by atoms with van der Waals surface area (Å²) in [5.74, 6) is -0.387. The first kappa shape index (κ1) is 25.2. The maximum Gasteiger partial charge on any atom is 0.296 e. The number of aromatic hydroxyl groups is 1. The lowest BCUT2D eigenvalue weighted by atomic mass is 10.1. The number of phenolic OH excluding ortho intramolecular Hbond substituents is 1. The van der Waals surface area contributed by atoms with Crippen molar-refractivity contribution in [2.24, 2.45) is 20.5 Å². The average molecular weight is 521 g/mol. The molecule has 0 aliphatic heterocycles. The standard InChI is InChI=1S/C24H20N6O6S/c1-36-21-11-19(28-27-16-4-2-3-13(7-16)12-31)18(26)10-20(21)29-30-23-22(37(33,34)35)8-14-5-6-15(25)9-17(14)24(23)32/h2-12,32H,25-26H2,1H3,(H,33,34,35). The number of aldehydes is 1. The van der Waals surface area contributed by atoms with E-state index in [0.717, 1.165) is 6.07 Å². The van der Waals surface area contributed by atoms with Crippen molar-refractivity contribution in [1.29, 1.82) is 0 Å². The van der Waals surface area contributed by atoms with Crippen molar-refractivity contribution in [1.82, 2.24) is 0 Å². The smallest absolute Gasteiger partial charge is 0.296 e. The minimum absolute atomic E-state index is 0.0789. The number of ether oxygens (including phenoxy) is 1. The molecule has 0 unspecified atom stereocenters. The van der Waals surface area contributed by atoms with Gasteiger partial charge >= 0.3 is 0 Å². The van der Waals surface area contributed by atoms with E-state index in [9.17, 15) is 22.9 Å². The van der Waals surface area contributed by atoms with Crippen LogP contribution in [0.2, 0.25) is 0 Å². The van der Waals surface area contributed by atoms with Gasteiger partial charge in [0.05, 0.1) is 18.5 Å². The van der Waals surface area contributed by atoms with Crippen molar-refractivity contribution in [2.75, 3.05) is 18.6 Å². The van der Waals surface area contributed by atoms with E-state index in [4.69, 9.17) is 16.2 Å². The number of nitrogen functional groups attached to an aromatic ring is 2. The number of hydrogen-bond acceptors (Lipinski definition) is 11. The van der Waals surface area contributed by atoms with Crippen LogP contribution in [0.25, 0.3) is 10.8 Å². The molecule has 6 N–H and O–H groups in total. The van der Waals surface area contributed by atoms with E-state index in [0.29, 0.717) is 28.6 Å². The van der Waals surface area contributed by atoms with Gasteiger partial charge in [-0.15, -0.1) is 15.3 Å². The molecule has 0 aliphatic carbocycles. The third-order valence-electron chi connectivity index (χ3n) is 5.22. The van der Waals surface area contributed by atoms with Gasteiger partial charge in [-0.3, -0.25) is 9.35 Å². The van der Waals surface area contributed by atoms with Crippen LogP contribution in [0.3, 0.4) is 0 Å². The topological polar surface area (TPSA) is 202 Å². The number of benzene rings is 4. The second-order valence-corrected chi connectivity index (χ2v) is 9.11. The van der Waals surface area contributed by atoms with Crippen LogP contribution in [0.4, 0.5) is 34.1 Å². The van der Waals surface area contributed by atoms with Crippen molar-refractivity contribution in [2.45, 2.75) is 4.90 Å². The molecule has 13 heteroatoms. The molecule has 4 aromatic carbocycles. The molecule has 0 saturated carbocycles. The van der Waals surface area contributed by atoms with Gasteiger partial charge in [-0.25, -0.2) is 0 Å².